The largest absolute Gasteiger partial charge is 0.494 e. The number of aliphatic hydroxyl groups is 1. The number of benzene rings is 2. The molecule has 5 nitrogen and oxygen atoms in total. The zero-order chi connectivity index (χ0) is 20.1. The molecule has 4 rings (SSSR count). The second-order valence-electron chi connectivity index (χ2n) is 7.81. The molecule has 0 saturated carbocycles. The fourth-order valence-electron chi connectivity index (χ4n) is 4.33. The smallest absolute Gasteiger partial charge is 0.119 e. The van der Waals surface area contributed by atoms with Crippen LogP contribution >= 0.6 is 0 Å². The van der Waals surface area contributed by atoms with E-state index in [0.717, 1.165) is 44.9 Å². The van der Waals surface area contributed by atoms with Gasteiger partial charge >= 0.3 is 0 Å². The number of aromatic nitrogens is 1. The maximum Gasteiger partial charge on any atom is 0.119 e. The minimum Gasteiger partial charge on any atom is -0.494 e. The zero-order valence-electron chi connectivity index (χ0n) is 17.2. The molecule has 2 N–H and O–H groups in total. The minimum atomic E-state index is 0.228. The first-order valence-corrected chi connectivity index (χ1v) is 10.6. The molecule has 0 bridgehead atoms. The van der Waals surface area contributed by atoms with Crippen LogP contribution in [0.4, 0.5) is 0 Å². The normalized spacial score (nSPS) is 18.3. The number of piperazine rings is 1. The Hall–Kier alpha value is -2.34. The summed E-state index contributed by atoms with van der Waals surface area (Å²) in [5.74, 6) is 0.923. The first kappa shape index (κ1) is 20.0. The van der Waals surface area contributed by atoms with Gasteiger partial charge in [-0.25, -0.2) is 0 Å². The number of aliphatic hydroxyl groups excluding tert-OH is 1. The summed E-state index contributed by atoms with van der Waals surface area (Å²) in [7, 11) is 0. The minimum absolute atomic E-state index is 0.228. The molecule has 2 aromatic carbocycles. The SMILES string of the molecule is CCOc1ccc(CN2CCN(Cc3c[nH]c4ccccc34)CC2CCO)cc1. The molecule has 0 amide bonds. The van der Waals surface area contributed by atoms with Gasteiger partial charge in [-0.3, -0.25) is 9.80 Å². The quantitative estimate of drug-likeness (QED) is 0.614. The van der Waals surface area contributed by atoms with Crippen molar-refractivity contribution in [2.75, 3.05) is 32.8 Å². The van der Waals surface area contributed by atoms with Crippen LogP contribution in [-0.2, 0) is 13.1 Å². The van der Waals surface area contributed by atoms with Crippen molar-refractivity contribution in [3.63, 3.8) is 0 Å². The molecule has 1 fully saturated rings. The third-order valence-corrected chi connectivity index (χ3v) is 5.84. The average molecular weight is 394 g/mol. The maximum atomic E-state index is 9.62. The van der Waals surface area contributed by atoms with Crippen molar-refractivity contribution < 1.29 is 9.84 Å². The molecule has 1 unspecified atom stereocenters. The summed E-state index contributed by atoms with van der Waals surface area (Å²) >= 11 is 0. The number of para-hydroxylation sites is 1. The molecule has 2 heterocycles. The van der Waals surface area contributed by atoms with E-state index in [1.165, 1.54) is 22.0 Å². The number of ether oxygens (including phenoxy) is 1. The molecule has 0 radical (unpaired) electrons. The fourth-order valence-corrected chi connectivity index (χ4v) is 4.33. The van der Waals surface area contributed by atoms with Crippen molar-refractivity contribution >= 4 is 10.9 Å². The number of aromatic amines is 1. The molecule has 1 saturated heterocycles. The Labute approximate surface area is 172 Å². The van der Waals surface area contributed by atoms with Crippen LogP contribution in [0.15, 0.2) is 54.7 Å². The summed E-state index contributed by atoms with van der Waals surface area (Å²) in [5.41, 5.74) is 3.84. The summed E-state index contributed by atoms with van der Waals surface area (Å²) in [4.78, 5) is 8.41. The Morgan fingerprint density at radius 1 is 1.07 bits per heavy atom. The molecule has 3 aromatic rings. The number of H-pyrrole nitrogens is 1. The highest BCUT2D eigenvalue weighted by atomic mass is 16.5. The van der Waals surface area contributed by atoms with E-state index in [2.05, 4.69) is 57.4 Å². The van der Waals surface area contributed by atoms with Crippen LogP contribution in [0.5, 0.6) is 5.75 Å². The van der Waals surface area contributed by atoms with Crippen molar-refractivity contribution in [3.8, 4) is 5.75 Å². The van der Waals surface area contributed by atoms with Crippen LogP contribution in [-0.4, -0.2) is 58.8 Å². The van der Waals surface area contributed by atoms with Gasteiger partial charge in [0.15, 0.2) is 0 Å². The van der Waals surface area contributed by atoms with Gasteiger partial charge < -0.3 is 14.8 Å². The number of hydrogen-bond donors (Lipinski definition) is 2. The molecular formula is C24H31N3O2. The Balaban J connectivity index is 1.40. The average Bonchev–Trinajstić information content (AvgIpc) is 3.15. The van der Waals surface area contributed by atoms with Crippen LogP contribution in [0, 0.1) is 0 Å². The number of hydrogen-bond acceptors (Lipinski definition) is 4. The predicted molar refractivity (Wildman–Crippen MR) is 117 cm³/mol. The lowest BCUT2D eigenvalue weighted by Crippen LogP contribution is -2.52. The second-order valence-corrected chi connectivity index (χ2v) is 7.81. The van der Waals surface area contributed by atoms with Gasteiger partial charge in [-0.15, -0.1) is 0 Å². The van der Waals surface area contributed by atoms with Gasteiger partial charge in [0.1, 0.15) is 5.75 Å². The highest BCUT2D eigenvalue weighted by Crippen LogP contribution is 2.23. The van der Waals surface area contributed by atoms with Crippen LogP contribution in [0.2, 0.25) is 0 Å². The van der Waals surface area contributed by atoms with E-state index in [1.807, 2.05) is 19.1 Å². The molecule has 29 heavy (non-hydrogen) atoms. The summed E-state index contributed by atoms with van der Waals surface area (Å²) in [6.07, 6.45) is 2.94. The number of nitrogens with one attached hydrogen (secondary N) is 1. The third kappa shape index (κ3) is 4.81. The third-order valence-electron chi connectivity index (χ3n) is 5.84. The lowest BCUT2D eigenvalue weighted by Gasteiger charge is -2.41. The van der Waals surface area contributed by atoms with Crippen molar-refractivity contribution in [2.45, 2.75) is 32.5 Å². The van der Waals surface area contributed by atoms with Crippen LogP contribution < -0.4 is 4.74 Å². The highest BCUT2D eigenvalue weighted by molar-refractivity contribution is 5.82. The predicted octanol–water partition coefficient (Wildman–Crippen LogP) is 3.64. The molecule has 1 atom stereocenters. The van der Waals surface area contributed by atoms with E-state index in [9.17, 15) is 5.11 Å². The van der Waals surface area contributed by atoms with Gasteiger partial charge in [0.05, 0.1) is 6.61 Å². The molecule has 0 spiro atoms. The van der Waals surface area contributed by atoms with E-state index in [4.69, 9.17) is 4.74 Å². The lowest BCUT2D eigenvalue weighted by atomic mass is 10.1. The van der Waals surface area contributed by atoms with E-state index in [-0.39, 0.29) is 6.61 Å². The van der Waals surface area contributed by atoms with Gasteiger partial charge in [-0.2, -0.15) is 0 Å². The van der Waals surface area contributed by atoms with Crippen molar-refractivity contribution in [3.05, 3.63) is 65.9 Å². The number of fused-ring (bicyclic) bond motifs is 1. The van der Waals surface area contributed by atoms with Crippen LogP contribution in [0.25, 0.3) is 10.9 Å². The molecular weight excluding hydrogens is 362 g/mol. The second kappa shape index (κ2) is 9.44. The molecule has 1 aliphatic heterocycles. The van der Waals surface area contributed by atoms with Crippen LogP contribution in [0.1, 0.15) is 24.5 Å². The first-order chi connectivity index (χ1) is 14.3. The standard InChI is InChI=1S/C24H31N3O2/c1-2-29-22-9-7-19(8-10-22)16-27-13-12-26(18-21(27)11-14-28)17-20-15-25-24-6-4-3-5-23(20)24/h3-10,15,21,25,28H,2,11-14,16-18H2,1H3. The van der Waals surface area contributed by atoms with Crippen molar-refractivity contribution in [1.29, 1.82) is 0 Å². The Morgan fingerprint density at radius 3 is 2.69 bits per heavy atom. The number of nitrogens with zero attached hydrogens (tertiary/aromatic N) is 2. The van der Waals surface area contributed by atoms with Crippen molar-refractivity contribution in [2.24, 2.45) is 0 Å². The Bertz CT molecular complexity index is 906. The molecule has 5 heteroatoms. The van der Waals surface area contributed by atoms with Gasteiger partial charge in [0.25, 0.3) is 0 Å². The topological polar surface area (TPSA) is 51.7 Å². The van der Waals surface area contributed by atoms with E-state index < -0.39 is 0 Å². The van der Waals surface area contributed by atoms with E-state index >= 15 is 0 Å². The molecule has 1 aliphatic rings. The van der Waals surface area contributed by atoms with Gasteiger partial charge in [0.2, 0.25) is 0 Å². The van der Waals surface area contributed by atoms with Gasteiger partial charge in [-0.1, -0.05) is 30.3 Å². The Morgan fingerprint density at radius 2 is 1.90 bits per heavy atom. The number of rotatable bonds is 8. The van der Waals surface area contributed by atoms with Crippen LogP contribution in [0.3, 0.4) is 0 Å². The summed E-state index contributed by atoms with van der Waals surface area (Å²) in [6.45, 7) is 7.82. The van der Waals surface area contributed by atoms with Gasteiger partial charge in [0, 0.05) is 62.5 Å². The molecule has 154 valence electrons. The molecule has 0 aliphatic carbocycles. The highest BCUT2D eigenvalue weighted by Gasteiger charge is 2.27. The molecule has 1 aromatic heterocycles. The maximum absolute atomic E-state index is 9.62. The van der Waals surface area contributed by atoms with Crippen molar-refractivity contribution in [1.82, 2.24) is 14.8 Å². The Kier molecular flexibility index (Phi) is 6.49. The monoisotopic (exact) mass is 393 g/mol. The summed E-state index contributed by atoms with van der Waals surface area (Å²) < 4.78 is 5.55. The van der Waals surface area contributed by atoms with E-state index in [1.54, 1.807) is 0 Å². The summed E-state index contributed by atoms with van der Waals surface area (Å²) in [6, 6.07) is 17.3. The fraction of sp³-hybridized carbons (Fsp3) is 0.417. The lowest BCUT2D eigenvalue weighted by molar-refractivity contribution is 0.0501. The first-order valence-electron chi connectivity index (χ1n) is 10.6. The zero-order valence-corrected chi connectivity index (χ0v) is 17.2. The van der Waals surface area contributed by atoms with Gasteiger partial charge in [-0.05, 0) is 42.7 Å². The van der Waals surface area contributed by atoms with E-state index in [0.29, 0.717) is 12.6 Å². The summed E-state index contributed by atoms with van der Waals surface area (Å²) in [5, 5.41) is 10.9.